The molecule has 0 saturated carbocycles. The first-order valence-corrected chi connectivity index (χ1v) is 6.14. The summed E-state index contributed by atoms with van der Waals surface area (Å²) in [6, 6.07) is 1.97. The third kappa shape index (κ3) is 1.92. The van der Waals surface area contributed by atoms with Crippen molar-refractivity contribution in [2.45, 2.75) is 19.8 Å². The van der Waals surface area contributed by atoms with Gasteiger partial charge in [-0.15, -0.1) is 0 Å². The third-order valence-electron chi connectivity index (χ3n) is 2.79. The summed E-state index contributed by atoms with van der Waals surface area (Å²) in [6.45, 7) is 5.29. The van der Waals surface area contributed by atoms with Crippen molar-refractivity contribution in [1.82, 2.24) is 0 Å². The molecule has 1 aliphatic heterocycles. The second kappa shape index (κ2) is 4.63. The van der Waals surface area contributed by atoms with Crippen molar-refractivity contribution < 1.29 is 14.6 Å². The molecule has 0 amide bonds. The normalized spacial score (nSPS) is 16.0. The summed E-state index contributed by atoms with van der Waals surface area (Å²) in [4.78, 5) is 0. The Balaban J connectivity index is 2.54. The fourth-order valence-corrected chi connectivity index (χ4v) is 2.99. The highest BCUT2D eigenvalue weighted by atomic mass is 79.9. The van der Waals surface area contributed by atoms with E-state index < -0.39 is 0 Å². The van der Waals surface area contributed by atoms with Gasteiger partial charge in [-0.3, -0.25) is 0 Å². The predicted octanol–water partition coefficient (Wildman–Crippen LogP) is 2.62. The lowest BCUT2D eigenvalue weighted by Crippen LogP contribution is -2.17. The van der Waals surface area contributed by atoms with Crippen LogP contribution < -0.4 is 9.47 Å². The van der Waals surface area contributed by atoms with Crippen LogP contribution >= 0.6 is 15.9 Å². The molecule has 0 fully saturated rings. The number of ether oxygens (including phenoxy) is 2. The van der Waals surface area contributed by atoms with Crippen LogP contribution in [-0.2, 0) is 0 Å². The van der Waals surface area contributed by atoms with E-state index in [1.807, 2.05) is 19.9 Å². The van der Waals surface area contributed by atoms with Crippen LogP contribution in [0.1, 0.15) is 24.0 Å². The number of benzene rings is 1. The zero-order chi connectivity index (χ0) is 11.7. The van der Waals surface area contributed by atoms with Crippen LogP contribution in [0.3, 0.4) is 0 Å². The quantitative estimate of drug-likeness (QED) is 0.908. The van der Waals surface area contributed by atoms with E-state index in [-0.39, 0.29) is 12.5 Å². The Morgan fingerprint density at radius 2 is 2.12 bits per heavy atom. The molecular weight excluding hydrogens is 272 g/mol. The number of aliphatic hydroxyl groups excluding tert-OH is 1. The van der Waals surface area contributed by atoms with Crippen molar-refractivity contribution in [2.75, 3.05) is 19.8 Å². The van der Waals surface area contributed by atoms with E-state index in [2.05, 4.69) is 15.9 Å². The number of aryl methyl sites for hydroxylation is 1. The topological polar surface area (TPSA) is 38.7 Å². The summed E-state index contributed by atoms with van der Waals surface area (Å²) in [6.07, 6.45) is 0. The van der Waals surface area contributed by atoms with Crippen LogP contribution in [0.2, 0.25) is 0 Å². The van der Waals surface area contributed by atoms with Gasteiger partial charge in [0.2, 0.25) is 0 Å². The van der Waals surface area contributed by atoms with Gasteiger partial charge >= 0.3 is 0 Å². The molecule has 0 radical (unpaired) electrons. The fraction of sp³-hybridized carbons (Fsp3) is 0.500. The molecule has 1 aromatic carbocycles. The molecule has 88 valence electrons. The van der Waals surface area contributed by atoms with Crippen LogP contribution in [0, 0.1) is 6.92 Å². The largest absolute Gasteiger partial charge is 0.486 e. The molecule has 1 atom stereocenters. The van der Waals surface area contributed by atoms with Gasteiger partial charge in [-0.1, -0.05) is 6.92 Å². The molecule has 0 aliphatic carbocycles. The Bertz CT molecular complexity index is 404. The van der Waals surface area contributed by atoms with E-state index in [1.54, 1.807) is 0 Å². The summed E-state index contributed by atoms with van der Waals surface area (Å²) >= 11 is 3.54. The summed E-state index contributed by atoms with van der Waals surface area (Å²) < 4.78 is 12.0. The van der Waals surface area contributed by atoms with Gasteiger partial charge < -0.3 is 14.6 Å². The number of aliphatic hydroxyl groups is 1. The maximum absolute atomic E-state index is 9.25. The Morgan fingerprint density at radius 3 is 2.81 bits per heavy atom. The fourth-order valence-electron chi connectivity index (χ4n) is 1.98. The molecule has 16 heavy (non-hydrogen) atoms. The predicted molar refractivity (Wildman–Crippen MR) is 65.4 cm³/mol. The minimum atomic E-state index is 0.0881. The maximum Gasteiger partial charge on any atom is 0.175 e. The van der Waals surface area contributed by atoms with Gasteiger partial charge in [0.1, 0.15) is 13.2 Å². The van der Waals surface area contributed by atoms with E-state index in [0.29, 0.717) is 13.2 Å². The van der Waals surface area contributed by atoms with Crippen LogP contribution in [0.5, 0.6) is 11.5 Å². The first kappa shape index (κ1) is 11.7. The first-order chi connectivity index (χ1) is 7.65. The molecule has 0 spiro atoms. The molecule has 1 heterocycles. The van der Waals surface area contributed by atoms with Crippen LogP contribution in [-0.4, -0.2) is 24.9 Å². The van der Waals surface area contributed by atoms with Crippen LogP contribution in [0.25, 0.3) is 0 Å². The standard InChI is InChI=1S/C12H15BrO3/c1-7-5-9-12(16-4-3-15-9)11(13)10(7)8(2)6-14/h5,8,14H,3-4,6H2,1-2H3. The van der Waals surface area contributed by atoms with Crippen molar-refractivity contribution in [3.8, 4) is 11.5 Å². The van der Waals surface area contributed by atoms with Gasteiger partial charge in [0.05, 0.1) is 4.47 Å². The number of halogens is 1. The van der Waals surface area contributed by atoms with Gasteiger partial charge in [0, 0.05) is 12.5 Å². The molecule has 4 heteroatoms. The highest BCUT2D eigenvalue weighted by Crippen LogP contribution is 2.43. The lowest BCUT2D eigenvalue weighted by atomic mass is 9.96. The zero-order valence-electron chi connectivity index (χ0n) is 9.42. The molecule has 0 aromatic heterocycles. The van der Waals surface area contributed by atoms with Crippen molar-refractivity contribution in [1.29, 1.82) is 0 Å². The number of rotatable bonds is 2. The average Bonchev–Trinajstić information content (AvgIpc) is 2.28. The Kier molecular flexibility index (Phi) is 3.40. The van der Waals surface area contributed by atoms with E-state index in [4.69, 9.17) is 9.47 Å². The van der Waals surface area contributed by atoms with E-state index in [1.165, 1.54) is 0 Å². The molecule has 0 bridgehead atoms. The van der Waals surface area contributed by atoms with Crippen LogP contribution in [0.4, 0.5) is 0 Å². The van der Waals surface area contributed by atoms with E-state index in [0.717, 1.165) is 27.1 Å². The van der Waals surface area contributed by atoms with Gasteiger partial charge in [0.15, 0.2) is 11.5 Å². The summed E-state index contributed by atoms with van der Waals surface area (Å²) in [7, 11) is 0. The lowest BCUT2D eigenvalue weighted by Gasteiger charge is -2.24. The van der Waals surface area contributed by atoms with Crippen molar-refractivity contribution in [2.24, 2.45) is 0 Å². The maximum atomic E-state index is 9.25. The van der Waals surface area contributed by atoms with Gasteiger partial charge in [0.25, 0.3) is 0 Å². The van der Waals surface area contributed by atoms with Gasteiger partial charge in [-0.05, 0) is 40.0 Å². The molecule has 0 saturated heterocycles. The molecular formula is C12H15BrO3. The smallest absolute Gasteiger partial charge is 0.175 e. The molecule has 1 unspecified atom stereocenters. The SMILES string of the molecule is Cc1cc2c(c(Br)c1C(C)CO)OCCO2. The first-order valence-electron chi connectivity index (χ1n) is 5.34. The molecule has 1 N–H and O–H groups in total. The van der Waals surface area contributed by atoms with Gasteiger partial charge in [-0.2, -0.15) is 0 Å². The Labute approximate surface area is 104 Å². The minimum absolute atomic E-state index is 0.0881. The number of hydrogen-bond donors (Lipinski definition) is 1. The number of fused-ring (bicyclic) bond motifs is 1. The van der Waals surface area contributed by atoms with Crippen molar-refractivity contribution in [3.05, 3.63) is 21.7 Å². The van der Waals surface area contributed by atoms with Crippen molar-refractivity contribution >= 4 is 15.9 Å². The molecule has 1 aromatic rings. The molecule has 1 aliphatic rings. The average molecular weight is 287 g/mol. The second-order valence-electron chi connectivity index (χ2n) is 4.03. The lowest BCUT2D eigenvalue weighted by molar-refractivity contribution is 0.169. The highest BCUT2D eigenvalue weighted by Gasteiger charge is 2.22. The summed E-state index contributed by atoms with van der Waals surface area (Å²) in [5, 5.41) is 9.25. The Hall–Kier alpha value is -0.740. The van der Waals surface area contributed by atoms with Gasteiger partial charge in [-0.25, -0.2) is 0 Å². The minimum Gasteiger partial charge on any atom is -0.486 e. The second-order valence-corrected chi connectivity index (χ2v) is 4.82. The van der Waals surface area contributed by atoms with E-state index in [9.17, 15) is 5.11 Å². The third-order valence-corrected chi connectivity index (χ3v) is 3.57. The zero-order valence-corrected chi connectivity index (χ0v) is 11.0. The summed E-state index contributed by atoms with van der Waals surface area (Å²) in [5.74, 6) is 1.63. The summed E-state index contributed by atoms with van der Waals surface area (Å²) in [5.41, 5.74) is 2.20. The van der Waals surface area contributed by atoms with Crippen molar-refractivity contribution in [3.63, 3.8) is 0 Å². The Morgan fingerprint density at radius 1 is 1.44 bits per heavy atom. The molecule has 2 rings (SSSR count). The van der Waals surface area contributed by atoms with Crippen LogP contribution in [0.15, 0.2) is 10.5 Å². The monoisotopic (exact) mass is 286 g/mol. The van der Waals surface area contributed by atoms with E-state index >= 15 is 0 Å². The highest BCUT2D eigenvalue weighted by molar-refractivity contribution is 9.10. The molecule has 3 nitrogen and oxygen atoms in total. The number of hydrogen-bond acceptors (Lipinski definition) is 3.